The van der Waals surface area contributed by atoms with Crippen LogP contribution in [0.3, 0.4) is 0 Å². The van der Waals surface area contributed by atoms with E-state index in [9.17, 15) is 10.1 Å². The van der Waals surface area contributed by atoms with Crippen LogP contribution in [0, 0.1) is 10.1 Å². The third kappa shape index (κ3) is 8.45. The van der Waals surface area contributed by atoms with Crippen molar-refractivity contribution in [1.29, 1.82) is 0 Å². The summed E-state index contributed by atoms with van der Waals surface area (Å²) in [5.74, 6) is 0.807. The van der Waals surface area contributed by atoms with E-state index in [2.05, 4.69) is 37.1 Å². The van der Waals surface area contributed by atoms with Gasteiger partial charge in [-0.25, -0.2) is 4.98 Å². The van der Waals surface area contributed by atoms with Gasteiger partial charge in [0, 0.05) is 30.4 Å². The second-order valence-electron chi connectivity index (χ2n) is 5.74. The van der Waals surface area contributed by atoms with Crippen LogP contribution in [0.5, 0.6) is 0 Å². The molecule has 0 aromatic carbocycles. The molecule has 1 unspecified atom stereocenters. The minimum Gasteiger partial charge on any atom is -0.365 e. The van der Waals surface area contributed by atoms with Gasteiger partial charge in [0.15, 0.2) is 12.1 Å². The SMILES string of the molecule is O=[N+]([O-])/C=C(/NCCCCOC1CCCCO1)NNc1ccc(Br)cn1. The Hall–Kier alpha value is -1.91. The first kappa shape index (κ1) is 20.4. The number of rotatable bonds is 11. The maximum atomic E-state index is 10.7. The smallest absolute Gasteiger partial charge is 0.275 e. The molecule has 9 nitrogen and oxygen atoms in total. The molecule has 0 radical (unpaired) electrons. The lowest BCUT2D eigenvalue weighted by Gasteiger charge is -2.22. The molecule has 2 rings (SSSR count). The van der Waals surface area contributed by atoms with Gasteiger partial charge in [-0.15, -0.1) is 0 Å². The minimum absolute atomic E-state index is 0.0778. The number of halogens is 1. The van der Waals surface area contributed by atoms with Crippen molar-refractivity contribution in [3.63, 3.8) is 0 Å². The van der Waals surface area contributed by atoms with E-state index < -0.39 is 4.92 Å². The molecule has 0 amide bonds. The molecular formula is C16H24BrN5O4. The Morgan fingerprint density at radius 2 is 2.35 bits per heavy atom. The Bertz CT molecular complexity index is 579. The summed E-state index contributed by atoms with van der Waals surface area (Å²) in [6.45, 7) is 1.97. The van der Waals surface area contributed by atoms with E-state index >= 15 is 0 Å². The number of pyridine rings is 1. The van der Waals surface area contributed by atoms with Gasteiger partial charge in [0.25, 0.3) is 6.20 Å². The van der Waals surface area contributed by atoms with Crippen LogP contribution >= 0.6 is 15.9 Å². The normalized spacial score (nSPS) is 17.6. The van der Waals surface area contributed by atoms with Gasteiger partial charge in [-0.2, -0.15) is 0 Å². The van der Waals surface area contributed by atoms with Crippen molar-refractivity contribution in [2.24, 2.45) is 0 Å². The summed E-state index contributed by atoms with van der Waals surface area (Å²) in [4.78, 5) is 14.3. The van der Waals surface area contributed by atoms with Crippen LogP contribution in [-0.4, -0.2) is 36.0 Å². The van der Waals surface area contributed by atoms with Gasteiger partial charge in [0.2, 0.25) is 0 Å². The van der Waals surface area contributed by atoms with Gasteiger partial charge >= 0.3 is 0 Å². The molecule has 1 atom stereocenters. The van der Waals surface area contributed by atoms with Crippen LogP contribution < -0.4 is 16.2 Å². The van der Waals surface area contributed by atoms with Crippen LogP contribution in [0.25, 0.3) is 0 Å². The summed E-state index contributed by atoms with van der Waals surface area (Å²) in [7, 11) is 0. The third-order valence-corrected chi connectivity index (χ3v) is 4.08. The Balaban J connectivity index is 1.63. The van der Waals surface area contributed by atoms with Gasteiger partial charge in [0.05, 0.1) is 4.92 Å². The minimum atomic E-state index is -0.518. The second kappa shape index (κ2) is 11.7. The van der Waals surface area contributed by atoms with Crippen LogP contribution in [-0.2, 0) is 9.47 Å². The summed E-state index contributed by atoms with van der Waals surface area (Å²) in [6, 6.07) is 3.56. The standard InChI is InChI=1S/C16H24BrN5O4/c17-13-6-7-14(19-11-13)20-21-15(12-22(23)24)18-8-2-4-10-26-16-5-1-3-9-25-16/h6-7,11-12,16,18,21H,1-5,8-10H2,(H,19,20)/b15-12-. The highest BCUT2D eigenvalue weighted by Crippen LogP contribution is 2.14. The molecule has 1 aromatic heterocycles. The maximum Gasteiger partial charge on any atom is 0.275 e. The molecular weight excluding hydrogens is 406 g/mol. The van der Waals surface area contributed by atoms with Crippen LogP contribution in [0.4, 0.5) is 5.82 Å². The van der Waals surface area contributed by atoms with Gasteiger partial charge in [0.1, 0.15) is 5.82 Å². The number of hydrazine groups is 1. The quantitative estimate of drug-likeness (QED) is 0.279. The first-order valence-electron chi connectivity index (χ1n) is 8.59. The van der Waals surface area contributed by atoms with Gasteiger partial charge in [-0.1, -0.05) is 0 Å². The Labute approximate surface area is 160 Å². The van der Waals surface area contributed by atoms with Crippen molar-refractivity contribution < 1.29 is 14.4 Å². The van der Waals surface area contributed by atoms with E-state index in [1.54, 1.807) is 12.3 Å². The van der Waals surface area contributed by atoms with E-state index in [1.807, 2.05) is 6.07 Å². The van der Waals surface area contributed by atoms with E-state index in [1.165, 1.54) is 0 Å². The summed E-state index contributed by atoms with van der Waals surface area (Å²) < 4.78 is 12.0. The van der Waals surface area contributed by atoms with Crippen LogP contribution in [0.2, 0.25) is 0 Å². The van der Waals surface area contributed by atoms with Crippen molar-refractivity contribution in [2.45, 2.75) is 38.4 Å². The van der Waals surface area contributed by atoms with E-state index in [0.29, 0.717) is 19.0 Å². The molecule has 2 heterocycles. The predicted molar refractivity (Wildman–Crippen MR) is 101 cm³/mol. The number of nitro groups is 1. The first-order chi connectivity index (χ1) is 12.6. The number of unbranched alkanes of at least 4 members (excludes halogenated alkanes) is 1. The van der Waals surface area contributed by atoms with Crippen molar-refractivity contribution in [3.8, 4) is 0 Å². The molecule has 1 aliphatic heterocycles. The van der Waals surface area contributed by atoms with Gasteiger partial charge in [-0.3, -0.25) is 21.0 Å². The number of nitrogens with one attached hydrogen (secondary N) is 3. The highest BCUT2D eigenvalue weighted by Gasteiger charge is 2.13. The molecule has 1 aliphatic rings. The van der Waals surface area contributed by atoms with Gasteiger partial charge < -0.3 is 14.8 Å². The van der Waals surface area contributed by atoms with Crippen molar-refractivity contribution in [3.05, 3.63) is 44.9 Å². The molecule has 10 heteroatoms. The molecule has 144 valence electrons. The van der Waals surface area contributed by atoms with Crippen molar-refractivity contribution in [2.75, 3.05) is 25.2 Å². The lowest BCUT2D eigenvalue weighted by Crippen LogP contribution is -2.32. The number of ether oxygens (including phenoxy) is 2. The molecule has 0 bridgehead atoms. The molecule has 1 saturated heterocycles. The van der Waals surface area contributed by atoms with E-state index in [4.69, 9.17) is 9.47 Å². The molecule has 1 fully saturated rings. The Morgan fingerprint density at radius 3 is 3.04 bits per heavy atom. The summed E-state index contributed by atoms with van der Waals surface area (Å²) in [5, 5.41) is 13.7. The van der Waals surface area contributed by atoms with Crippen molar-refractivity contribution >= 4 is 21.7 Å². The monoisotopic (exact) mass is 429 g/mol. The highest BCUT2D eigenvalue weighted by atomic mass is 79.9. The molecule has 3 N–H and O–H groups in total. The lowest BCUT2D eigenvalue weighted by molar-refractivity contribution is -0.404. The van der Waals surface area contributed by atoms with Crippen LogP contribution in [0.15, 0.2) is 34.8 Å². The average molecular weight is 430 g/mol. The van der Waals surface area contributed by atoms with Crippen LogP contribution in [0.1, 0.15) is 32.1 Å². The fourth-order valence-electron chi connectivity index (χ4n) is 2.32. The zero-order valence-electron chi connectivity index (χ0n) is 14.4. The fourth-order valence-corrected chi connectivity index (χ4v) is 2.55. The second-order valence-corrected chi connectivity index (χ2v) is 6.66. The summed E-state index contributed by atoms with van der Waals surface area (Å²) in [6.07, 6.45) is 7.29. The maximum absolute atomic E-state index is 10.7. The van der Waals surface area contributed by atoms with Gasteiger partial charge in [-0.05, 0) is 60.2 Å². The fraction of sp³-hybridized carbons (Fsp3) is 0.562. The molecule has 0 saturated carbocycles. The predicted octanol–water partition coefficient (Wildman–Crippen LogP) is 2.75. The first-order valence-corrected chi connectivity index (χ1v) is 9.39. The zero-order valence-corrected chi connectivity index (χ0v) is 16.0. The van der Waals surface area contributed by atoms with E-state index in [0.717, 1.165) is 49.4 Å². The Morgan fingerprint density at radius 1 is 1.46 bits per heavy atom. The Kier molecular flexibility index (Phi) is 9.15. The lowest BCUT2D eigenvalue weighted by atomic mass is 10.2. The number of nitrogens with zero attached hydrogens (tertiary/aromatic N) is 2. The number of aromatic nitrogens is 1. The third-order valence-electron chi connectivity index (χ3n) is 3.62. The highest BCUT2D eigenvalue weighted by molar-refractivity contribution is 9.10. The zero-order chi connectivity index (χ0) is 18.6. The molecule has 1 aromatic rings. The molecule has 26 heavy (non-hydrogen) atoms. The average Bonchev–Trinajstić information content (AvgIpc) is 2.64. The number of hydrogen-bond acceptors (Lipinski definition) is 8. The molecule has 0 spiro atoms. The topological polar surface area (TPSA) is 111 Å². The number of anilines is 1. The van der Waals surface area contributed by atoms with Crippen molar-refractivity contribution in [1.82, 2.24) is 15.7 Å². The summed E-state index contributed by atoms with van der Waals surface area (Å²) in [5.41, 5.74) is 5.57. The van der Waals surface area contributed by atoms with E-state index in [-0.39, 0.29) is 12.1 Å². The number of hydrogen-bond donors (Lipinski definition) is 3. The summed E-state index contributed by atoms with van der Waals surface area (Å²) >= 11 is 3.30. The molecule has 0 aliphatic carbocycles. The largest absolute Gasteiger partial charge is 0.365 e.